The van der Waals surface area contributed by atoms with E-state index in [-0.39, 0.29) is 5.82 Å². The topological polar surface area (TPSA) is 19.4 Å². The van der Waals surface area contributed by atoms with Gasteiger partial charge in [0.2, 0.25) is 0 Å². The third-order valence-corrected chi connectivity index (χ3v) is 7.45. The average molecular weight is 498 g/mol. The number of para-hydroxylation sites is 1. The van der Waals surface area contributed by atoms with Crippen molar-refractivity contribution in [2.45, 2.75) is 59.5 Å². The number of unbranched alkanes of at least 4 members (excludes halogenated alkanes) is 1. The molecule has 1 aromatic heterocycles. The molecule has 1 fully saturated rings. The van der Waals surface area contributed by atoms with E-state index in [0.717, 1.165) is 68.0 Å². The van der Waals surface area contributed by atoms with Crippen LogP contribution in [0.15, 0.2) is 79.1 Å². The summed E-state index contributed by atoms with van der Waals surface area (Å²) in [5.41, 5.74) is 8.15. The second-order valence-electron chi connectivity index (χ2n) is 10.2. The van der Waals surface area contributed by atoms with E-state index in [9.17, 15) is 4.39 Å². The summed E-state index contributed by atoms with van der Waals surface area (Å²) in [6.45, 7) is 14.7. The lowest BCUT2D eigenvalue weighted by molar-refractivity contribution is 0.190. The normalized spacial score (nSPS) is 14.8. The van der Waals surface area contributed by atoms with Gasteiger partial charge in [-0.15, -0.1) is 0 Å². The number of nitrogens with zero attached hydrogens (tertiary/aromatic N) is 3. The van der Waals surface area contributed by atoms with Crippen molar-refractivity contribution < 1.29 is 4.39 Å². The molecule has 0 saturated carbocycles. The number of likely N-dealkylation sites (tertiary alicyclic amines) is 1. The predicted octanol–water partition coefficient (Wildman–Crippen LogP) is 8.08. The van der Waals surface area contributed by atoms with Crippen LogP contribution in [0.25, 0.3) is 6.08 Å². The molecule has 194 valence electrons. The molecule has 0 unspecified atom stereocenters. The Morgan fingerprint density at radius 2 is 1.89 bits per heavy atom. The molecule has 0 atom stereocenters. The standard InChI is InChI=1S/C33H40FN3/c1-5-6-7-14-32-26(3)35-19-16-30(32)24-36-20-17-29(18-21-36)27(4)37(33-15-9-8-11-25(33)2)23-28-12-10-13-31(34)22-28/h7-16,19,22,29H,4-6,17-18,20-21,23-24H2,1-3H3/b14-7-. The van der Waals surface area contributed by atoms with E-state index in [1.54, 1.807) is 12.1 Å². The lowest BCUT2D eigenvalue weighted by Gasteiger charge is -2.38. The van der Waals surface area contributed by atoms with Gasteiger partial charge < -0.3 is 4.90 Å². The largest absolute Gasteiger partial charge is 0.341 e. The lowest BCUT2D eigenvalue weighted by Crippen LogP contribution is -2.37. The summed E-state index contributed by atoms with van der Waals surface area (Å²) >= 11 is 0. The van der Waals surface area contributed by atoms with E-state index in [1.165, 1.54) is 22.8 Å². The zero-order valence-corrected chi connectivity index (χ0v) is 22.6. The Morgan fingerprint density at radius 3 is 2.62 bits per heavy atom. The Labute approximate surface area is 222 Å². The van der Waals surface area contributed by atoms with Gasteiger partial charge in [0, 0.05) is 42.3 Å². The molecule has 0 aliphatic carbocycles. The zero-order chi connectivity index (χ0) is 26.2. The Balaban J connectivity index is 1.46. The lowest BCUT2D eigenvalue weighted by atomic mass is 9.91. The first kappa shape index (κ1) is 26.8. The fraction of sp³-hybridized carbons (Fsp3) is 0.364. The van der Waals surface area contributed by atoms with Gasteiger partial charge in [0.1, 0.15) is 5.82 Å². The van der Waals surface area contributed by atoms with Gasteiger partial charge in [-0.3, -0.25) is 9.88 Å². The van der Waals surface area contributed by atoms with E-state index in [1.807, 2.05) is 12.3 Å². The van der Waals surface area contributed by atoms with Crippen LogP contribution in [0.1, 0.15) is 60.6 Å². The van der Waals surface area contributed by atoms with E-state index in [2.05, 4.69) is 84.6 Å². The highest BCUT2D eigenvalue weighted by molar-refractivity contribution is 5.58. The van der Waals surface area contributed by atoms with Crippen LogP contribution in [0, 0.1) is 25.6 Å². The molecule has 0 bridgehead atoms. The van der Waals surface area contributed by atoms with Crippen molar-refractivity contribution in [2.75, 3.05) is 18.0 Å². The molecule has 3 aromatic rings. The molecular weight excluding hydrogens is 457 g/mol. The van der Waals surface area contributed by atoms with Gasteiger partial charge in [-0.1, -0.05) is 62.4 Å². The van der Waals surface area contributed by atoms with Crippen LogP contribution >= 0.6 is 0 Å². The van der Waals surface area contributed by atoms with E-state index >= 15 is 0 Å². The van der Waals surface area contributed by atoms with E-state index < -0.39 is 0 Å². The van der Waals surface area contributed by atoms with Crippen LogP contribution in [0.5, 0.6) is 0 Å². The number of pyridine rings is 1. The molecule has 1 aliphatic rings. The molecule has 0 radical (unpaired) electrons. The first-order valence-electron chi connectivity index (χ1n) is 13.6. The summed E-state index contributed by atoms with van der Waals surface area (Å²) in [6, 6.07) is 17.5. The average Bonchev–Trinajstić information content (AvgIpc) is 2.89. The van der Waals surface area contributed by atoms with E-state index in [4.69, 9.17) is 0 Å². The van der Waals surface area contributed by atoms with Crippen molar-refractivity contribution in [3.8, 4) is 0 Å². The highest BCUT2D eigenvalue weighted by Gasteiger charge is 2.26. The van der Waals surface area contributed by atoms with Gasteiger partial charge in [-0.05, 0) is 92.7 Å². The Morgan fingerprint density at radius 1 is 1.11 bits per heavy atom. The highest BCUT2D eigenvalue weighted by atomic mass is 19.1. The molecule has 1 saturated heterocycles. The number of aryl methyl sites for hydroxylation is 2. The van der Waals surface area contributed by atoms with Crippen molar-refractivity contribution in [1.82, 2.24) is 9.88 Å². The molecule has 3 nitrogen and oxygen atoms in total. The molecule has 2 heterocycles. The van der Waals surface area contributed by atoms with Crippen LogP contribution in [0.3, 0.4) is 0 Å². The van der Waals surface area contributed by atoms with Gasteiger partial charge in [0.15, 0.2) is 0 Å². The van der Waals surface area contributed by atoms with Crippen LogP contribution in [-0.4, -0.2) is 23.0 Å². The van der Waals surface area contributed by atoms with Gasteiger partial charge in [0.05, 0.1) is 0 Å². The Bertz CT molecular complexity index is 1220. The maximum absolute atomic E-state index is 14.0. The van der Waals surface area contributed by atoms with Gasteiger partial charge in [-0.2, -0.15) is 0 Å². The van der Waals surface area contributed by atoms with Crippen LogP contribution in [0.4, 0.5) is 10.1 Å². The molecule has 1 aliphatic heterocycles. The van der Waals surface area contributed by atoms with Crippen molar-refractivity contribution in [2.24, 2.45) is 5.92 Å². The number of hydrogen-bond donors (Lipinski definition) is 0. The predicted molar refractivity (Wildman–Crippen MR) is 154 cm³/mol. The molecular formula is C33H40FN3. The Kier molecular flexibility index (Phi) is 9.29. The van der Waals surface area contributed by atoms with Crippen molar-refractivity contribution >= 4 is 11.8 Å². The number of benzene rings is 2. The van der Waals surface area contributed by atoms with Crippen molar-refractivity contribution in [3.63, 3.8) is 0 Å². The number of hydrogen-bond acceptors (Lipinski definition) is 3. The maximum atomic E-state index is 14.0. The third kappa shape index (κ3) is 6.95. The molecule has 0 spiro atoms. The van der Waals surface area contributed by atoms with Gasteiger partial charge in [0.25, 0.3) is 0 Å². The van der Waals surface area contributed by atoms with Crippen LogP contribution in [-0.2, 0) is 13.1 Å². The summed E-state index contributed by atoms with van der Waals surface area (Å²) in [4.78, 5) is 9.39. The maximum Gasteiger partial charge on any atom is 0.123 e. The highest BCUT2D eigenvalue weighted by Crippen LogP contribution is 2.33. The summed E-state index contributed by atoms with van der Waals surface area (Å²) < 4.78 is 14.0. The number of halogens is 1. The van der Waals surface area contributed by atoms with E-state index in [0.29, 0.717) is 12.5 Å². The minimum Gasteiger partial charge on any atom is -0.341 e. The second-order valence-corrected chi connectivity index (χ2v) is 10.2. The van der Waals surface area contributed by atoms with Crippen molar-refractivity contribution in [3.05, 3.63) is 113 Å². The molecule has 4 heteroatoms. The van der Waals surface area contributed by atoms with Crippen LogP contribution in [0.2, 0.25) is 0 Å². The molecule has 4 rings (SSSR count). The van der Waals surface area contributed by atoms with Crippen molar-refractivity contribution in [1.29, 1.82) is 0 Å². The SMILES string of the molecule is C=C(C1CCN(Cc2ccnc(C)c2/C=C\CCC)CC1)N(Cc1cccc(F)c1)c1ccccc1C. The van der Waals surface area contributed by atoms with Gasteiger partial charge >= 0.3 is 0 Å². The number of allylic oxidation sites excluding steroid dienone is 2. The first-order chi connectivity index (χ1) is 18.0. The third-order valence-electron chi connectivity index (χ3n) is 7.45. The smallest absolute Gasteiger partial charge is 0.123 e. The second kappa shape index (κ2) is 12.8. The zero-order valence-electron chi connectivity index (χ0n) is 22.6. The molecule has 2 aromatic carbocycles. The number of aromatic nitrogens is 1. The quantitative estimate of drug-likeness (QED) is 0.282. The first-order valence-corrected chi connectivity index (χ1v) is 13.6. The van der Waals surface area contributed by atoms with Crippen LogP contribution < -0.4 is 4.90 Å². The molecule has 0 amide bonds. The summed E-state index contributed by atoms with van der Waals surface area (Å²) in [5.74, 6) is 0.198. The summed E-state index contributed by atoms with van der Waals surface area (Å²) in [6.07, 6.45) is 10.8. The number of piperidine rings is 1. The minimum absolute atomic E-state index is 0.198. The fourth-order valence-corrected chi connectivity index (χ4v) is 5.28. The summed E-state index contributed by atoms with van der Waals surface area (Å²) in [7, 11) is 0. The van der Waals surface area contributed by atoms with Gasteiger partial charge in [-0.25, -0.2) is 4.39 Å². The molecule has 37 heavy (non-hydrogen) atoms. The summed E-state index contributed by atoms with van der Waals surface area (Å²) in [5, 5.41) is 0. The monoisotopic (exact) mass is 497 g/mol. The minimum atomic E-state index is -0.198. The number of rotatable bonds is 10. The number of anilines is 1. The molecule has 0 N–H and O–H groups in total. The Hall–Kier alpha value is -3.24. The fourth-order valence-electron chi connectivity index (χ4n) is 5.28.